The summed E-state index contributed by atoms with van der Waals surface area (Å²) in [4.78, 5) is 11.8. The molecule has 0 saturated heterocycles. The number of hydrogen-bond acceptors (Lipinski definition) is 4. The van der Waals surface area contributed by atoms with Crippen LogP contribution < -0.4 is 16.1 Å². The van der Waals surface area contributed by atoms with Gasteiger partial charge in [-0.15, -0.1) is 0 Å². The lowest BCUT2D eigenvalue weighted by Gasteiger charge is -2.07. The molecule has 0 atom stereocenters. The molecule has 0 bridgehead atoms. The van der Waals surface area contributed by atoms with Crippen molar-refractivity contribution < 1.29 is 14.8 Å². The fraction of sp³-hybridized carbons (Fsp3) is 0.462. The molecule has 0 aromatic heterocycles. The molecule has 4 N–H and O–H groups in total. The maximum Gasteiger partial charge on any atom is 0.488 e. The third-order valence-corrected chi connectivity index (χ3v) is 2.84. The van der Waals surface area contributed by atoms with Crippen LogP contribution in [0.15, 0.2) is 24.3 Å². The van der Waals surface area contributed by atoms with Crippen molar-refractivity contribution in [3.63, 3.8) is 0 Å². The van der Waals surface area contributed by atoms with Gasteiger partial charge < -0.3 is 20.7 Å². The van der Waals surface area contributed by atoms with E-state index in [-0.39, 0.29) is 5.91 Å². The van der Waals surface area contributed by atoms with Crippen LogP contribution in [0.5, 0.6) is 0 Å². The molecule has 1 aromatic rings. The molecule has 0 radical (unpaired) electrons. The molecule has 0 spiro atoms. The molecule has 19 heavy (non-hydrogen) atoms. The molecule has 6 heteroatoms. The minimum absolute atomic E-state index is 0.184. The van der Waals surface area contributed by atoms with E-state index in [1.54, 1.807) is 18.2 Å². The van der Waals surface area contributed by atoms with Gasteiger partial charge in [-0.25, -0.2) is 0 Å². The van der Waals surface area contributed by atoms with E-state index in [0.29, 0.717) is 17.6 Å². The van der Waals surface area contributed by atoms with Gasteiger partial charge in [0, 0.05) is 12.1 Å². The third kappa shape index (κ3) is 5.87. The second kappa shape index (κ2) is 8.69. The molecule has 1 aromatic carbocycles. The first-order valence-electron chi connectivity index (χ1n) is 6.54. The van der Waals surface area contributed by atoms with E-state index in [0.717, 1.165) is 25.8 Å². The van der Waals surface area contributed by atoms with Crippen molar-refractivity contribution in [2.75, 3.05) is 20.1 Å². The lowest BCUT2D eigenvalue weighted by Crippen LogP contribution is -2.32. The van der Waals surface area contributed by atoms with E-state index in [1.165, 1.54) is 6.07 Å². The Hall–Kier alpha value is -1.37. The van der Waals surface area contributed by atoms with Crippen molar-refractivity contribution in [1.29, 1.82) is 0 Å². The summed E-state index contributed by atoms with van der Waals surface area (Å²) in [5, 5.41) is 24.0. The van der Waals surface area contributed by atoms with Gasteiger partial charge in [-0.1, -0.05) is 18.6 Å². The SMILES string of the molecule is CNCCCCCNC(=O)c1cccc(B(O)O)c1. The van der Waals surface area contributed by atoms with E-state index in [4.69, 9.17) is 10.0 Å². The largest absolute Gasteiger partial charge is 0.488 e. The van der Waals surface area contributed by atoms with Gasteiger partial charge in [-0.05, 0) is 44.0 Å². The number of amides is 1. The second-order valence-electron chi connectivity index (χ2n) is 4.42. The number of hydrogen-bond donors (Lipinski definition) is 4. The van der Waals surface area contributed by atoms with Crippen molar-refractivity contribution >= 4 is 18.5 Å². The molecular weight excluding hydrogens is 243 g/mol. The van der Waals surface area contributed by atoms with E-state index < -0.39 is 7.12 Å². The van der Waals surface area contributed by atoms with Crippen molar-refractivity contribution in [1.82, 2.24) is 10.6 Å². The van der Waals surface area contributed by atoms with Gasteiger partial charge in [0.15, 0.2) is 0 Å². The van der Waals surface area contributed by atoms with Gasteiger partial charge in [0.05, 0.1) is 0 Å². The van der Waals surface area contributed by atoms with Crippen molar-refractivity contribution in [3.8, 4) is 0 Å². The standard InChI is InChI=1S/C13H21BN2O3/c1-15-8-3-2-4-9-16-13(17)11-6-5-7-12(10-11)14(18)19/h5-7,10,15,18-19H,2-4,8-9H2,1H3,(H,16,17). The summed E-state index contributed by atoms with van der Waals surface area (Å²) in [7, 11) is 0.374. The van der Waals surface area contributed by atoms with Crippen LogP contribution in [-0.4, -0.2) is 43.2 Å². The molecule has 104 valence electrons. The minimum atomic E-state index is -1.55. The van der Waals surface area contributed by atoms with Gasteiger partial charge in [0.1, 0.15) is 0 Å². The summed E-state index contributed by atoms with van der Waals surface area (Å²) < 4.78 is 0. The number of rotatable bonds is 8. The second-order valence-corrected chi connectivity index (χ2v) is 4.42. The Labute approximate surface area is 114 Å². The topological polar surface area (TPSA) is 81.6 Å². The van der Waals surface area contributed by atoms with Crippen LogP contribution >= 0.6 is 0 Å². The normalized spacial score (nSPS) is 10.3. The van der Waals surface area contributed by atoms with E-state index in [2.05, 4.69) is 10.6 Å². The average Bonchev–Trinajstić information content (AvgIpc) is 2.42. The highest BCUT2D eigenvalue weighted by Gasteiger charge is 2.13. The number of unbranched alkanes of at least 4 members (excludes halogenated alkanes) is 2. The summed E-state index contributed by atoms with van der Waals surface area (Å²) in [5.41, 5.74) is 0.766. The maximum atomic E-state index is 11.8. The Morgan fingerprint density at radius 2 is 1.95 bits per heavy atom. The predicted molar refractivity (Wildman–Crippen MR) is 76.4 cm³/mol. The maximum absolute atomic E-state index is 11.8. The van der Waals surface area contributed by atoms with Gasteiger partial charge in [0.2, 0.25) is 0 Å². The Bertz CT molecular complexity index is 399. The zero-order chi connectivity index (χ0) is 14.1. The highest BCUT2D eigenvalue weighted by atomic mass is 16.4. The zero-order valence-corrected chi connectivity index (χ0v) is 11.2. The molecule has 0 saturated carbocycles. The first-order chi connectivity index (χ1) is 9.15. The summed E-state index contributed by atoms with van der Waals surface area (Å²) in [6.07, 6.45) is 3.10. The molecule has 0 unspecified atom stereocenters. The summed E-state index contributed by atoms with van der Waals surface area (Å²) in [6.45, 7) is 1.62. The Morgan fingerprint density at radius 1 is 1.21 bits per heavy atom. The lowest BCUT2D eigenvalue weighted by atomic mass is 9.79. The molecule has 0 fully saturated rings. The highest BCUT2D eigenvalue weighted by molar-refractivity contribution is 6.58. The molecule has 0 heterocycles. The van der Waals surface area contributed by atoms with Crippen molar-refractivity contribution in [2.24, 2.45) is 0 Å². The fourth-order valence-electron chi connectivity index (χ4n) is 1.75. The van der Waals surface area contributed by atoms with Gasteiger partial charge in [-0.2, -0.15) is 0 Å². The van der Waals surface area contributed by atoms with Crippen LogP contribution in [0.25, 0.3) is 0 Å². The molecular formula is C13H21BN2O3. The monoisotopic (exact) mass is 264 g/mol. The number of carbonyl (C=O) groups excluding carboxylic acids is 1. The summed E-state index contributed by atoms with van der Waals surface area (Å²) in [5.74, 6) is -0.184. The van der Waals surface area contributed by atoms with Gasteiger partial charge >= 0.3 is 7.12 Å². The predicted octanol–water partition coefficient (Wildman–Crippen LogP) is -0.514. The average molecular weight is 264 g/mol. The molecule has 0 aliphatic rings. The quantitative estimate of drug-likeness (QED) is 0.376. The first kappa shape index (κ1) is 15.7. The van der Waals surface area contributed by atoms with Crippen LogP contribution in [0.1, 0.15) is 29.6 Å². The van der Waals surface area contributed by atoms with Crippen molar-refractivity contribution in [3.05, 3.63) is 29.8 Å². The van der Waals surface area contributed by atoms with E-state index >= 15 is 0 Å². The van der Waals surface area contributed by atoms with Gasteiger partial charge in [-0.3, -0.25) is 4.79 Å². The van der Waals surface area contributed by atoms with Crippen LogP contribution in [-0.2, 0) is 0 Å². The smallest absolute Gasteiger partial charge is 0.423 e. The number of nitrogens with one attached hydrogen (secondary N) is 2. The first-order valence-corrected chi connectivity index (χ1v) is 6.54. The van der Waals surface area contributed by atoms with Crippen LogP contribution in [0, 0.1) is 0 Å². The summed E-state index contributed by atoms with van der Waals surface area (Å²) in [6, 6.07) is 6.35. The molecule has 0 aliphatic carbocycles. The molecule has 1 amide bonds. The number of benzene rings is 1. The van der Waals surface area contributed by atoms with Crippen LogP contribution in [0.2, 0.25) is 0 Å². The number of carbonyl (C=O) groups is 1. The van der Waals surface area contributed by atoms with Crippen LogP contribution in [0.3, 0.4) is 0 Å². The third-order valence-electron chi connectivity index (χ3n) is 2.84. The van der Waals surface area contributed by atoms with E-state index in [9.17, 15) is 4.79 Å². The van der Waals surface area contributed by atoms with Crippen LogP contribution in [0.4, 0.5) is 0 Å². The highest BCUT2D eigenvalue weighted by Crippen LogP contribution is 1.98. The Morgan fingerprint density at radius 3 is 2.63 bits per heavy atom. The minimum Gasteiger partial charge on any atom is -0.423 e. The van der Waals surface area contributed by atoms with Gasteiger partial charge in [0.25, 0.3) is 5.91 Å². The van der Waals surface area contributed by atoms with E-state index in [1.807, 2.05) is 7.05 Å². The molecule has 1 rings (SSSR count). The Balaban J connectivity index is 2.35. The fourth-order valence-corrected chi connectivity index (χ4v) is 1.75. The molecule has 0 aliphatic heterocycles. The zero-order valence-electron chi connectivity index (χ0n) is 11.2. The summed E-state index contributed by atoms with van der Waals surface area (Å²) >= 11 is 0. The van der Waals surface area contributed by atoms with Crippen molar-refractivity contribution in [2.45, 2.75) is 19.3 Å². The lowest BCUT2D eigenvalue weighted by molar-refractivity contribution is 0.0953. The molecule has 5 nitrogen and oxygen atoms in total. The Kier molecular flexibility index (Phi) is 7.17.